The molecule has 0 aromatic heterocycles. The molecular weight excluding hydrogens is 350 g/mol. The maximum Gasteiger partial charge on any atom is 0.261 e. The Morgan fingerprint density at radius 3 is 2.32 bits per heavy atom. The van der Waals surface area contributed by atoms with E-state index >= 15 is 0 Å². The summed E-state index contributed by atoms with van der Waals surface area (Å²) in [7, 11) is 1.66. The molecule has 1 N–H and O–H groups in total. The van der Waals surface area contributed by atoms with Gasteiger partial charge in [0.15, 0.2) is 6.10 Å². The molecule has 0 aliphatic carbocycles. The van der Waals surface area contributed by atoms with E-state index in [2.05, 4.69) is 44.3 Å². The molecule has 2 atom stereocenters. The summed E-state index contributed by atoms with van der Waals surface area (Å²) in [4.78, 5) is 12.8. The van der Waals surface area contributed by atoms with Crippen LogP contribution in [0.4, 0.5) is 0 Å². The first-order chi connectivity index (χ1) is 13.3. The van der Waals surface area contributed by atoms with Crippen LogP contribution in [-0.2, 0) is 4.79 Å². The van der Waals surface area contributed by atoms with Gasteiger partial charge in [-0.2, -0.15) is 0 Å². The number of methoxy groups -OCH3 is 1. The van der Waals surface area contributed by atoms with Crippen molar-refractivity contribution in [2.75, 3.05) is 7.11 Å². The van der Waals surface area contributed by atoms with Crippen LogP contribution in [0.15, 0.2) is 36.4 Å². The summed E-state index contributed by atoms with van der Waals surface area (Å²) in [5.41, 5.74) is 4.35. The highest BCUT2D eigenvalue weighted by Crippen LogP contribution is 2.29. The number of carbonyl (C=O) groups is 1. The summed E-state index contributed by atoms with van der Waals surface area (Å²) >= 11 is 0. The van der Waals surface area contributed by atoms with Gasteiger partial charge in [-0.25, -0.2) is 0 Å². The topological polar surface area (TPSA) is 47.6 Å². The molecular formula is C24H33NO3. The lowest BCUT2D eigenvalue weighted by Crippen LogP contribution is -2.38. The number of amides is 1. The maximum atomic E-state index is 12.8. The van der Waals surface area contributed by atoms with Gasteiger partial charge in [-0.05, 0) is 67.5 Å². The van der Waals surface area contributed by atoms with Crippen LogP contribution in [0, 0.1) is 13.8 Å². The van der Waals surface area contributed by atoms with Crippen LogP contribution < -0.4 is 14.8 Å². The van der Waals surface area contributed by atoms with Crippen molar-refractivity contribution in [3.8, 4) is 11.5 Å². The Labute approximate surface area is 169 Å². The number of carbonyl (C=O) groups excluding carboxylic acids is 1. The minimum atomic E-state index is -0.576. The molecule has 2 aromatic rings. The highest BCUT2D eigenvalue weighted by Gasteiger charge is 2.21. The largest absolute Gasteiger partial charge is 0.496 e. The Morgan fingerprint density at radius 1 is 1.04 bits per heavy atom. The van der Waals surface area contributed by atoms with Crippen molar-refractivity contribution < 1.29 is 14.3 Å². The predicted molar refractivity (Wildman–Crippen MR) is 114 cm³/mol. The lowest BCUT2D eigenvalue weighted by molar-refractivity contribution is -0.128. The summed E-state index contributed by atoms with van der Waals surface area (Å²) < 4.78 is 11.4. The van der Waals surface area contributed by atoms with Crippen molar-refractivity contribution >= 4 is 5.91 Å². The second kappa shape index (κ2) is 9.63. The van der Waals surface area contributed by atoms with E-state index in [1.54, 1.807) is 14.0 Å². The number of benzene rings is 2. The lowest BCUT2D eigenvalue weighted by atomic mass is 10.0. The van der Waals surface area contributed by atoms with Gasteiger partial charge >= 0.3 is 0 Å². The van der Waals surface area contributed by atoms with Crippen molar-refractivity contribution in [3.63, 3.8) is 0 Å². The maximum absolute atomic E-state index is 12.8. The fourth-order valence-corrected chi connectivity index (χ4v) is 3.29. The van der Waals surface area contributed by atoms with E-state index in [1.165, 1.54) is 0 Å². The molecule has 0 fully saturated rings. The van der Waals surface area contributed by atoms with E-state index in [0.29, 0.717) is 5.92 Å². The molecule has 1 amide bonds. The van der Waals surface area contributed by atoms with Crippen molar-refractivity contribution in [2.45, 2.75) is 66.0 Å². The summed E-state index contributed by atoms with van der Waals surface area (Å²) in [5, 5.41) is 3.13. The zero-order valence-electron chi connectivity index (χ0n) is 18.1. The Kier molecular flexibility index (Phi) is 7.50. The first-order valence-corrected chi connectivity index (χ1v) is 9.98. The van der Waals surface area contributed by atoms with Crippen LogP contribution in [0.1, 0.15) is 68.3 Å². The molecule has 0 bridgehead atoms. The fourth-order valence-electron chi connectivity index (χ4n) is 3.29. The summed E-state index contributed by atoms with van der Waals surface area (Å²) in [5.74, 6) is 1.85. The molecule has 28 heavy (non-hydrogen) atoms. The third kappa shape index (κ3) is 5.28. The number of rotatable bonds is 8. The van der Waals surface area contributed by atoms with Gasteiger partial charge in [-0.1, -0.05) is 45.0 Å². The summed E-state index contributed by atoms with van der Waals surface area (Å²) in [6.07, 6.45) is 0.221. The minimum Gasteiger partial charge on any atom is -0.496 e. The third-order valence-corrected chi connectivity index (χ3v) is 5.01. The lowest BCUT2D eigenvalue weighted by Gasteiger charge is -2.23. The van der Waals surface area contributed by atoms with Crippen LogP contribution >= 0.6 is 0 Å². The van der Waals surface area contributed by atoms with Gasteiger partial charge in [-0.3, -0.25) is 4.79 Å². The van der Waals surface area contributed by atoms with Crippen LogP contribution in [0.3, 0.4) is 0 Å². The van der Waals surface area contributed by atoms with Crippen LogP contribution in [-0.4, -0.2) is 19.1 Å². The fraction of sp³-hybridized carbons (Fsp3) is 0.458. The van der Waals surface area contributed by atoms with Gasteiger partial charge in [0.25, 0.3) is 5.91 Å². The Morgan fingerprint density at radius 2 is 1.75 bits per heavy atom. The molecule has 0 saturated heterocycles. The van der Waals surface area contributed by atoms with Crippen molar-refractivity contribution in [1.29, 1.82) is 0 Å². The zero-order valence-corrected chi connectivity index (χ0v) is 18.1. The minimum absolute atomic E-state index is 0.0646. The van der Waals surface area contributed by atoms with E-state index in [4.69, 9.17) is 9.47 Å². The van der Waals surface area contributed by atoms with Crippen LogP contribution in [0.2, 0.25) is 0 Å². The van der Waals surface area contributed by atoms with Crippen molar-refractivity contribution in [3.05, 3.63) is 58.7 Å². The van der Waals surface area contributed by atoms with E-state index < -0.39 is 6.10 Å². The van der Waals surface area contributed by atoms with Gasteiger partial charge in [0.1, 0.15) is 11.5 Å². The van der Waals surface area contributed by atoms with E-state index in [1.807, 2.05) is 32.0 Å². The molecule has 4 nitrogen and oxygen atoms in total. The van der Waals surface area contributed by atoms with Crippen LogP contribution in [0.25, 0.3) is 0 Å². The second-order valence-corrected chi connectivity index (χ2v) is 7.65. The number of hydrogen-bond donors (Lipinski definition) is 1. The molecule has 0 aliphatic rings. The molecule has 4 heteroatoms. The number of ether oxygens (including phenoxy) is 2. The highest BCUT2D eigenvalue weighted by atomic mass is 16.5. The molecule has 152 valence electrons. The number of aryl methyl sites for hydroxylation is 2. The second-order valence-electron chi connectivity index (χ2n) is 7.65. The van der Waals surface area contributed by atoms with Crippen LogP contribution in [0.5, 0.6) is 11.5 Å². The van der Waals surface area contributed by atoms with Crippen molar-refractivity contribution in [2.24, 2.45) is 0 Å². The molecule has 0 aliphatic heterocycles. The van der Waals surface area contributed by atoms with Gasteiger partial charge in [0.05, 0.1) is 13.2 Å². The summed E-state index contributed by atoms with van der Waals surface area (Å²) in [6, 6.07) is 12.1. The zero-order chi connectivity index (χ0) is 20.8. The number of hydrogen-bond acceptors (Lipinski definition) is 3. The average Bonchev–Trinajstić information content (AvgIpc) is 2.65. The predicted octanol–water partition coefficient (Wildman–Crippen LogP) is 5.47. The van der Waals surface area contributed by atoms with E-state index in [0.717, 1.165) is 40.2 Å². The number of nitrogens with one attached hydrogen (secondary N) is 1. The monoisotopic (exact) mass is 383 g/mol. The molecule has 0 unspecified atom stereocenters. The summed E-state index contributed by atoms with van der Waals surface area (Å²) in [6.45, 7) is 12.2. The first kappa shape index (κ1) is 21.8. The Balaban J connectivity index is 2.12. The van der Waals surface area contributed by atoms with Gasteiger partial charge < -0.3 is 14.8 Å². The SMILES string of the molecule is CC[C@@H](NC(=O)[C@@H](C)Oc1cc(C)ccc1C(C)C)c1ccc(OC)c(C)c1. The molecule has 0 radical (unpaired) electrons. The van der Waals surface area contributed by atoms with Gasteiger partial charge in [-0.15, -0.1) is 0 Å². The molecule has 0 spiro atoms. The van der Waals surface area contributed by atoms with E-state index in [-0.39, 0.29) is 11.9 Å². The molecule has 0 saturated carbocycles. The normalized spacial score (nSPS) is 13.1. The molecule has 2 rings (SSSR count). The Bertz CT molecular complexity index is 813. The quantitative estimate of drug-likeness (QED) is 0.657. The smallest absolute Gasteiger partial charge is 0.261 e. The first-order valence-electron chi connectivity index (χ1n) is 9.98. The Hall–Kier alpha value is -2.49. The van der Waals surface area contributed by atoms with Crippen molar-refractivity contribution in [1.82, 2.24) is 5.32 Å². The standard InChI is InChI=1S/C24H33NO3/c1-8-21(19-10-12-22(27-7)17(5)14-19)25-24(26)18(6)28-23-13-16(4)9-11-20(23)15(2)3/h9-15,18,21H,8H2,1-7H3,(H,25,26)/t18-,21-/m1/s1. The average molecular weight is 384 g/mol. The van der Waals surface area contributed by atoms with Gasteiger partial charge in [0.2, 0.25) is 0 Å². The molecule has 2 aromatic carbocycles. The molecule has 0 heterocycles. The third-order valence-electron chi connectivity index (χ3n) is 5.01. The highest BCUT2D eigenvalue weighted by molar-refractivity contribution is 5.81. The van der Waals surface area contributed by atoms with E-state index in [9.17, 15) is 4.79 Å². The van der Waals surface area contributed by atoms with Gasteiger partial charge in [0, 0.05) is 0 Å².